The number of rotatable bonds is 14. The summed E-state index contributed by atoms with van der Waals surface area (Å²) in [6, 6.07) is 30.7. The predicted octanol–water partition coefficient (Wildman–Crippen LogP) is 11.2. The molecule has 0 saturated carbocycles. The molecule has 346 valence electrons. The molecule has 6 aromatic rings. The Morgan fingerprint density at radius 3 is 1.52 bits per heavy atom. The van der Waals surface area contributed by atoms with E-state index in [2.05, 4.69) is 5.32 Å². The highest BCUT2D eigenvalue weighted by Gasteiger charge is 2.37. The molecule has 0 bridgehead atoms. The van der Waals surface area contributed by atoms with Crippen molar-refractivity contribution in [2.75, 3.05) is 48.5 Å². The maximum atomic E-state index is 13.6. The highest BCUT2D eigenvalue weighted by molar-refractivity contribution is 7.13. The molecule has 1 N–H and O–H groups in total. The summed E-state index contributed by atoms with van der Waals surface area (Å²) < 4.78 is 97.8. The first-order valence-electron chi connectivity index (χ1n) is 20.7. The molecule has 0 spiro atoms. The van der Waals surface area contributed by atoms with Gasteiger partial charge in [-0.05, 0) is 90.6 Å². The van der Waals surface area contributed by atoms with Gasteiger partial charge in [-0.15, -0.1) is 34.3 Å². The largest absolute Gasteiger partial charge is 0.488 e. The molecular formula is C48H42ClF6N3O6S2. The number of benzene rings is 4. The van der Waals surface area contributed by atoms with Crippen molar-refractivity contribution in [1.82, 2.24) is 5.32 Å². The first-order valence-corrected chi connectivity index (χ1v) is 22.8. The Balaban J connectivity index is 0.000000199. The maximum Gasteiger partial charge on any atom is 0.426 e. The molecule has 0 saturated heterocycles. The number of nitrogens with one attached hydrogen (secondary N) is 1. The van der Waals surface area contributed by atoms with Crippen LogP contribution in [0.3, 0.4) is 0 Å². The van der Waals surface area contributed by atoms with Crippen LogP contribution in [0.25, 0.3) is 22.3 Å². The molecule has 0 atom stereocenters. The molecule has 4 heterocycles. The van der Waals surface area contributed by atoms with Gasteiger partial charge < -0.3 is 24.0 Å². The topological polar surface area (TPSA) is 97.4 Å². The molecule has 9 nitrogen and oxygen atoms in total. The lowest BCUT2D eigenvalue weighted by atomic mass is 10.1. The number of hydrogen-bond acceptors (Lipinski definition) is 9. The highest BCUT2D eigenvalue weighted by atomic mass is 35.5. The summed E-state index contributed by atoms with van der Waals surface area (Å²) in [6.07, 6.45) is -7.57. The number of hydrogen-bond donors (Lipinski definition) is 1. The summed E-state index contributed by atoms with van der Waals surface area (Å²) >= 11 is 7.02. The Morgan fingerprint density at radius 2 is 1.09 bits per heavy atom. The molecule has 0 unspecified atom stereocenters. The van der Waals surface area contributed by atoms with E-state index in [0.29, 0.717) is 81.0 Å². The number of amides is 2. The van der Waals surface area contributed by atoms with Gasteiger partial charge in [0, 0.05) is 45.3 Å². The van der Waals surface area contributed by atoms with Crippen LogP contribution in [0.5, 0.6) is 11.5 Å². The maximum absolute atomic E-state index is 13.6. The van der Waals surface area contributed by atoms with Crippen LogP contribution in [-0.4, -0.2) is 56.4 Å². The van der Waals surface area contributed by atoms with Crippen molar-refractivity contribution in [3.63, 3.8) is 0 Å². The minimum atomic E-state index is -4.46. The summed E-state index contributed by atoms with van der Waals surface area (Å²) in [4.78, 5) is 38.8. The molecule has 2 amide bonds. The van der Waals surface area contributed by atoms with Crippen molar-refractivity contribution in [3.05, 3.63) is 140 Å². The standard InChI is InChI=1S/C26H25F3N2O4S.C22H17ClF3NO2S/c1-2-34-24(33)15-30-14-23(32)31-11-10-18-12-19(8-9-22(18)31)35-16-20-13-21(17-6-4-3-5-7-17)25(36-20)26(27,28)29;23-12-20(28)27-9-8-15-10-16(6-7-19(15)27)29-13-17-11-18(14-4-2-1-3-5-14)21(30-17)22(24,25)26/h3-9,12-13,30H,2,10-11,14-16H2,1H3;1-7,10-11H,8-9,12-13H2. The van der Waals surface area contributed by atoms with Crippen LogP contribution < -0.4 is 24.6 Å². The molecule has 2 aliphatic heterocycles. The fourth-order valence-corrected chi connectivity index (χ4v) is 9.59. The summed E-state index contributed by atoms with van der Waals surface area (Å²) in [5, 5.41) is 2.79. The minimum Gasteiger partial charge on any atom is -0.488 e. The monoisotopic (exact) mass is 969 g/mol. The zero-order valence-electron chi connectivity index (χ0n) is 35.3. The van der Waals surface area contributed by atoms with E-state index >= 15 is 0 Å². The van der Waals surface area contributed by atoms with E-state index in [4.69, 9.17) is 25.8 Å². The van der Waals surface area contributed by atoms with Crippen molar-refractivity contribution in [2.24, 2.45) is 0 Å². The van der Waals surface area contributed by atoms with E-state index in [1.54, 1.807) is 102 Å². The molecule has 0 fully saturated rings. The van der Waals surface area contributed by atoms with Gasteiger partial charge >= 0.3 is 18.3 Å². The molecule has 8 rings (SSSR count). The third kappa shape index (κ3) is 11.7. The number of thiophene rings is 2. The number of anilines is 2. The Morgan fingerprint density at radius 1 is 0.636 bits per heavy atom. The number of carbonyl (C=O) groups is 3. The summed E-state index contributed by atoms with van der Waals surface area (Å²) in [5.74, 6) is 0.248. The lowest BCUT2D eigenvalue weighted by Gasteiger charge is -2.18. The molecular weight excluding hydrogens is 928 g/mol. The highest BCUT2D eigenvalue weighted by Crippen LogP contribution is 2.45. The quantitative estimate of drug-likeness (QED) is 0.0660. The van der Waals surface area contributed by atoms with Crippen LogP contribution in [0.4, 0.5) is 37.7 Å². The number of halogens is 7. The van der Waals surface area contributed by atoms with Crippen LogP contribution in [0.15, 0.2) is 109 Å². The van der Waals surface area contributed by atoms with E-state index in [1.165, 1.54) is 12.1 Å². The molecule has 4 aromatic carbocycles. The number of fused-ring (bicyclic) bond motifs is 2. The summed E-state index contributed by atoms with van der Waals surface area (Å²) in [6.45, 7) is 3.04. The normalized spacial score (nSPS) is 13.2. The summed E-state index contributed by atoms with van der Waals surface area (Å²) in [7, 11) is 0. The number of esters is 1. The fourth-order valence-electron chi connectivity index (χ4n) is 7.53. The first-order chi connectivity index (χ1) is 31.6. The van der Waals surface area contributed by atoms with E-state index in [9.17, 15) is 40.7 Å². The lowest BCUT2D eigenvalue weighted by Crippen LogP contribution is -2.39. The van der Waals surface area contributed by atoms with Gasteiger partial charge in [0.2, 0.25) is 11.8 Å². The molecule has 2 aliphatic rings. The second-order valence-electron chi connectivity index (χ2n) is 14.9. The van der Waals surface area contributed by atoms with Gasteiger partial charge in [0.05, 0.1) is 19.7 Å². The predicted molar refractivity (Wildman–Crippen MR) is 243 cm³/mol. The average molecular weight is 970 g/mol. The van der Waals surface area contributed by atoms with Gasteiger partial charge in [-0.3, -0.25) is 19.7 Å². The minimum absolute atomic E-state index is 0.000169. The number of nitrogens with zero attached hydrogens (tertiary/aromatic N) is 2. The van der Waals surface area contributed by atoms with Crippen LogP contribution in [0.1, 0.15) is 37.6 Å². The fraction of sp³-hybridized carbons (Fsp3) is 0.271. The van der Waals surface area contributed by atoms with Gasteiger partial charge in [0.25, 0.3) is 0 Å². The number of carbonyl (C=O) groups excluding carboxylic acids is 3. The van der Waals surface area contributed by atoms with E-state index in [0.717, 1.165) is 22.5 Å². The zero-order chi connectivity index (χ0) is 47.0. The summed E-state index contributed by atoms with van der Waals surface area (Å²) in [5.41, 5.74) is 4.76. The third-order valence-corrected chi connectivity index (χ3v) is 13.0. The Bertz CT molecular complexity index is 2660. The van der Waals surface area contributed by atoms with Gasteiger partial charge in [-0.25, -0.2) is 0 Å². The molecule has 0 radical (unpaired) electrons. The Labute approximate surface area is 389 Å². The lowest BCUT2D eigenvalue weighted by molar-refractivity contribution is -0.142. The van der Waals surface area contributed by atoms with Gasteiger partial charge in [0.15, 0.2) is 0 Å². The number of alkyl halides is 7. The SMILES string of the molecule is CCOC(=O)CNCC(=O)N1CCc2cc(OCc3cc(-c4ccccc4)c(C(F)(F)F)s3)ccc21.O=C(CCl)N1CCc2cc(OCc3cc(-c4ccccc4)c(C(F)(F)F)s3)ccc21. The first kappa shape index (κ1) is 48.1. The second kappa shape index (κ2) is 21.2. The second-order valence-corrected chi connectivity index (χ2v) is 17.5. The van der Waals surface area contributed by atoms with Crippen molar-refractivity contribution in [3.8, 4) is 33.8 Å². The molecule has 66 heavy (non-hydrogen) atoms. The van der Waals surface area contributed by atoms with Crippen LogP contribution in [-0.2, 0) is 57.5 Å². The van der Waals surface area contributed by atoms with Gasteiger partial charge in [-0.2, -0.15) is 26.3 Å². The zero-order valence-corrected chi connectivity index (χ0v) is 37.7. The number of ether oxygens (including phenoxy) is 3. The van der Waals surface area contributed by atoms with Crippen molar-refractivity contribution in [1.29, 1.82) is 0 Å². The van der Waals surface area contributed by atoms with Crippen LogP contribution in [0, 0.1) is 0 Å². The van der Waals surface area contributed by atoms with Crippen LogP contribution >= 0.6 is 34.3 Å². The van der Waals surface area contributed by atoms with Crippen LogP contribution in [0.2, 0.25) is 0 Å². The Hall–Kier alpha value is -5.88. The molecule has 0 aliphatic carbocycles. The molecule has 2 aromatic heterocycles. The third-order valence-electron chi connectivity index (χ3n) is 10.5. The van der Waals surface area contributed by atoms with Gasteiger partial charge in [-0.1, -0.05) is 60.7 Å². The van der Waals surface area contributed by atoms with Gasteiger partial charge in [0.1, 0.15) is 40.3 Å². The van der Waals surface area contributed by atoms with E-state index in [1.807, 2.05) is 12.1 Å². The molecule has 18 heteroatoms. The van der Waals surface area contributed by atoms with Crippen molar-refractivity contribution < 1.29 is 54.9 Å². The average Bonchev–Trinajstić information content (AvgIpc) is 4.13. The van der Waals surface area contributed by atoms with E-state index in [-0.39, 0.29) is 61.7 Å². The van der Waals surface area contributed by atoms with Crippen molar-refractivity contribution in [2.45, 2.75) is 45.3 Å². The smallest absolute Gasteiger partial charge is 0.426 e. The van der Waals surface area contributed by atoms with E-state index < -0.39 is 28.1 Å². The Kier molecular flexibility index (Phi) is 15.4. The van der Waals surface area contributed by atoms with Crippen molar-refractivity contribution >= 4 is 63.4 Å².